The number of rotatable bonds is 6. The second-order valence-corrected chi connectivity index (χ2v) is 5.34. The van der Waals surface area contributed by atoms with Gasteiger partial charge >= 0.3 is 0 Å². The number of hydrogen-bond acceptors (Lipinski definition) is 5. The van der Waals surface area contributed by atoms with Gasteiger partial charge in [0.1, 0.15) is 0 Å². The monoisotopic (exact) mass is 287 g/mol. The molecule has 9 heteroatoms. The lowest BCUT2D eigenvalue weighted by Crippen LogP contribution is -2.29. The molecule has 0 bridgehead atoms. The van der Waals surface area contributed by atoms with Crippen LogP contribution in [-0.4, -0.2) is 32.8 Å². The highest BCUT2D eigenvalue weighted by molar-refractivity contribution is 7.89. The largest absolute Gasteiger partial charge is 0.359 e. The van der Waals surface area contributed by atoms with Gasteiger partial charge in [0.15, 0.2) is 0 Å². The summed E-state index contributed by atoms with van der Waals surface area (Å²) in [6.45, 7) is -0.0427. The maximum atomic E-state index is 11.8. The standard InChI is InChI=1S/C10H13N3O5S/c1-11-10(14)6-7-12-19(17,18)9-4-2-8(3-5-9)13(15)16/h2-5,12H,6-7H2,1H3,(H,11,14). The normalized spacial score (nSPS) is 11.0. The predicted octanol–water partition coefficient (Wildman–Crippen LogP) is 0.00920. The molecule has 0 atom stereocenters. The van der Waals surface area contributed by atoms with Gasteiger partial charge in [-0.15, -0.1) is 0 Å². The topological polar surface area (TPSA) is 118 Å². The number of non-ortho nitro benzene ring substituents is 1. The minimum Gasteiger partial charge on any atom is -0.359 e. The van der Waals surface area contributed by atoms with Crippen LogP contribution in [0.2, 0.25) is 0 Å². The van der Waals surface area contributed by atoms with Gasteiger partial charge in [0.2, 0.25) is 15.9 Å². The predicted molar refractivity (Wildman–Crippen MR) is 67.0 cm³/mol. The first-order chi connectivity index (χ1) is 8.86. The molecule has 1 amide bonds. The van der Waals surface area contributed by atoms with Crippen molar-refractivity contribution in [2.45, 2.75) is 11.3 Å². The molecule has 0 saturated heterocycles. The first-order valence-electron chi connectivity index (χ1n) is 5.31. The van der Waals surface area contributed by atoms with E-state index in [0.717, 1.165) is 24.3 Å². The Labute approximate surface area is 110 Å². The van der Waals surface area contributed by atoms with Crippen molar-refractivity contribution >= 4 is 21.6 Å². The van der Waals surface area contributed by atoms with Crippen LogP contribution < -0.4 is 10.0 Å². The number of sulfonamides is 1. The van der Waals surface area contributed by atoms with Gasteiger partial charge in [-0.2, -0.15) is 0 Å². The molecule has 0 radical (unpaired) electrons. The first-order valence-corrected chi connectivity index (χ1v) is 6.80. The van der Waals surface area contributed by atoms with Crippen LogP contribution in [0.1, 0.15) is 6.42 Å². The van der Waals surface area contributed by atoms with Gasteiger partial charge in [-0.1, -0.05) is 0 Å². The number of hydrogen-bond donors (Lipinski definition) is 2. The Bertz CT molecular complexity index is 567. The molecule has 2 N–H and O–H groups in total. The summed E-state index contributed by atoms with van der Waals surface area (Å²) in [5.74, 6) is -0.286. The zero-order chi connectivity index (χ0) is 14.5. The Balaban J connectivity index is 2.72. The summed E-state index contributed by atoms with van der Waals surface area (Å²) in [6.07, 6.45) is 0.0166. The van der Waals surface area contributed by atoms with Crippen LogP contribution in [0.3, 0.4) is 0 Å². The van der Waals surface area contributed by atoms with Crippen molar-refractivity contribution in [3.8, 4) is 0 Å². The maximum Gasteiger partial charge on any atom is 0.269 e. The number of nitrogens with one attached hydrogen (secondary N) is 2. The molecule has 0 spiro atoms. The second kappa shape index (κ2) is 6.25. The van der Waals surface area contributed by atoms with Crippen LogP contribution in [0.25, 0.3) is 0 Å². The molecule has 104 valence electrons. The molecule has 0 aliphatic rings. The van der Waals surface area contributed by atoms with Crippen molar-refractivity contribution < 1.29 is 18.1 Å². The number of amides is 1. The third-order valence-corrected chi connectivity index (χ3v) is 3.76. The fourth-order valence-corrected chi connectivity index (χ4v) is 2.29. The fourth-order valence-electron chi connectivity index (χ4n) is 1.25. The van der Waals surface area contributed by atoms with Crippen LogP contribution in [-0.2, 0) is 14.8 Å². The average molecular weight is 287 g/mol. The molecule has 19 heavy (non-hydrogen) atoms. The van der Waals surface area contributed by atoms with Crippen LogP contribution in [0.5, 0.6) is 0 Å². The van der Waals surface area contributed by atoms with Gasteiger partial charge in [0.05, 0.1) is 9.82 Å². The number of benzene rings is 1. The zero-order valence-electron chi connectivity index (χ0n) is 10.1. The summed E-state index contributed by atoms with van der Waals surface area (Å²) in [7, 11) is -2.31. The van der Waals surface area contributed by atoms with E-state index in [2.05, 4.69) is 10.0 Å². The molecular weight excluding hydrogens is 274 g/mol. The number of carbonyl (C=O) groups is 1. The molecule has 0 aliphatic heterocycles. The molecule has 0 heterocycles. The Kier molecular flexibility index (Phi) is 4.95. The van der Waals surface area contributed by atoms with Gasteiger partial charge in [0.25, 0.3) is 5.69 Å². The Morgan fingerprint density at radius 2 is 1.89 bits per heavy atom. The van der Waals surface area contributed by atoms with Crippen LogP contribution >= 0.6 is 0 Å². The van der Waals surface area contributed by atoms with Gasteiger partial charge in [-0.3, -0.25) is 14.9 Å². The Morgan fingerprint density at radius 3 is 2.37 bits per heavy atom. The highest BCUT2D eigenvalue weighted by atomic mass is 32.2. The van der Waals surface area contributed by atoms with Crippen molar-refractivity contribution in [2.24, 2.45) is 0 Å². The number of carbonyl (C=O) groups excluding carboxylic acids is 1. The van der Waals surface area contributed by atoms with Crippen LogP contribution in [0.15, 0.2) is 29.2 Å². The third kappa shape index (κ3) is 4.30. The van der Waals surface area contributed by atoms with E-state index in [1.807, 2.05) is 0 Å². The van der Waals surface area contributed by atoms with E-state index in [1.165, 1.54) is 7.05 Å². The van der Waals surface area contributed by atoms with Gasteiger partial charge in [-0.25, -0.2) is 13.1 Å². The lowest BCUT2D eigenvalue weighted by atomic mass is 10.3. The van der Waals surface area contributed by atoms with E-state index in [0.29, 0.717) is 0 Å². The number of nitrogens with zero attached hydrogens (tertiary/aromatic N) is 1. The third-order valence-electron chi connectivity index (χ3n) is 2.28. The number of nitro groups is 1. The molecule has 0 unspecified atom stereocenters. The zero-order valence-corrected chi connectivity index (χ0v) is 10.9. The smallest absolute Gasteiger partial charge is 0.269 e. The van der Waals surface area contributed by atoms with E-state index in [-0.39, 0.29) is 29.5 Å². The second-order valence-electron chi connectivity index (χ2n) is 3.57. The lowest BCUT2D eigenvalue weighted by Gasteiger charge is -2.06. The van der Waals surface area contributed by atoms with Crippen molar-refractivity contribution in [1.82, 2.24) is 10.0 Å². The van der Waals surface area contributed by atoms with Crippen molar-refractivity contribution in [1.29, 1.82) is 0 Å². The van der Waals surface area contributed by atoms with Crippen molar-refractivity contribution in [3.05, 3.63) is 34.4 Å². The summed E-state index contributed by atoms with van der Waals surface area (Å²) in [4.78, 5) is 20.7. The minimum atomic E-state index is -3.76. The Hall–Kier alpha value is -2.00. The molecule has 1 aromatic rings. The van der Waals surface area contributed by atoms with E-state index in [1.54, 1.807) is 0 Å². The van der Waals surface area contributed by atoms with E-state index in [4.69, 9.17) is 0 Å². The minimum absolute atomic E-state index is 0.0166. The van der Waals surface area contributed by atoms with Gasteiger partial charge in [-0.05, 0) is 12.1 Å². The maximum absolute atomic E-state index is 11.8. The van der Waals surface area contributed by atoms with E-state index < -0.39 is 14.9 Å². The summed E-state index contributed by atoms with van der Waals surface area (Å²) in [5, 5.41) is 12.8. The molecular formula is C10H13N3O5S. The lowest BCUT2D eigenvalue weighted by molar-refractivity contribution is -0.384. The molecule has 0 aliphatic carbocycles. The molecule has 8 nitrogen and oxygen atoms in total. The van der Waals surface area contributed by atoms with E-state index >= 15 is 0 Å². The summed E-state index contributed by atoms with van der Waals surface area (Å²) >= 11 is 0. The van der Waals surface area contributed by atoms with E-state index in [9.17, 15) is 23.3 Å². The molecule has 0 saturated carbocycles. The fraction of sp³-hybridized carbons (Fsp3) is 0.300. The highest BCUT2D eigenvalue weighted by Crippen LogP contribution is 2.15. The molecule has 1 rings (SSSR count). The van der Waals surface area contributed by atoms with Crippen molar-refractivity contribution in [2.75, 3.05) is 13.6 Å². The Morgan fingerprint density at radius 1 is 1.32 bits per heavy atom. The first kappa shape index (κ1) is 15.1. The van der Waals surface area contributed by atoms with Gasteiger partial charge < -0.3 is 5.32 Å². The number of nitro benzene ring substituents is 1. The van der Waals surface area contributed by atoms with Gasteiger partial charge in [0, 0.05) is 32.1 Å². The molecule has 0 fully saturated rings. The van der Waals surface area contributed by atoms with Crippen LogP contribution in [0, 0.1) is 10.1 Å². The SMILES string of the molecule is CNC(=O)CCNS(=O)(=O)c1ccc([N+](=O)[O-])cc1. The van der Waals surface area contributed by atoms with Crippen LogP contribution in [0.4, 0.5) is 5.69 Å². The summed E-state index contributed by atoms with van der Waals surface area (Å²) < 4.78 is 25.8. The quantitative estimate of drug-likeness (QED) is 0.564. The molecule has 1 aromatic carbocycles. The summed E-state index contributed by atoms with van der Waals surface area (Å²) in [5.41, 5.74) is -0.190. The van der Waals surface area contributed by atoms with Crippen molar-refractivity contribution in [3.63, 3.8) is 0 Å². The average Bonchev–Trinajstić information content (AvgIpc) is 2.38. The summed E-state index contributed by atoms with van der Waals surface area (Å²) in [6, 6.07) is 4.49. The molecule has 0 aromatic heterocycles. The highest BCUT2D eigenvalue weighted by Gasteiger charge is 2.15.